The van der Waals surface area contributed by atoms with Crippen LogP contribution in [0.5, 0.6) is 0 Å². The predicted octanol–water partition coefficient (Wildman–Crippen LogP) is 3.30. The maximum absolute atomic E-state index is 6.09. The lowest BCUT2D eigenvalue weighted by atomic mass is 10.3. The quantitative estimate of drug-likeness (QED) is 0.485. The highest BCUT2D eigenvalue weighted by molar-refractivity contribution is 6.30. The molecule has 0 atom stereocenters. The number of aromatic nitrogens is 2. The third-order valence-electron chi connectivity index (χ3n) is 2.69. The molecule has 1 heterocycles. The number of rotatable bonds is 5. The van der Waals surface area contributed by atoms with Crippen molar-refractivity contribution in [2.45, 2.75) is 32.1 Å². The lowest BCUT2D eigenvalue weighted by Gasteiger charge is -2.10. The van der Waals surface area contributed by atoms with Crippen molar-refractivity contribution < 1.29 is 0 Å². The Morgan fingerprint density at radius 2 is 2.25 bits per heavy atom. The van der Waals surface area contributed by atoms with Gasteiger partial charge in [-0.05, 0) is 26.2 Å². The Labute approximate surface area is 101 Å². The molecule has 1 saturated carbocycles. The summed E-state index contributed by atoms with van der Waals surface area (Å²) in [5, 5.41) is 3.84. The summed E-state index contributed by atoms with van der Waals surface area (Å²) in [5.74, 6) is 2.28. The molecule has 1 aliphatic carbocycles. The van der Waals surface area contributed by atoms with Crippen LogP contribution in [-0.4, -0.2) is 16.5 Å². The van der Waals surface area contributed by atoms with Gasteiger partial charge >= 0.3 is 0 Å². The molecule has 3 nitrogen and oxygen atoms in total. The van der Waals surface area contributed by atoms with Crippen LogP contribution in [0.2, 0.25) is 5.15 Å². The standard InChI is InChI=1S/C12H16ClN3/c1-3-4-7-14-11-8(2)10(13)15-12(16-11)9-5-6-9/h3,9H,1,4-7H2,2H3,(H,14,15,16). The smallest absolute Gasteiger partial charge is 0.137 e. The molecule has 1 aromatic heterocycles. The van der Waals surface area contributed by atoms with Crippen LogP contribution < -0.4 is 5.32 Å². The fraction of sp³-hybridized carbons (Fsp3) is 0.500. The van der Waals surface area contributed by atoms with Gasteiger partial charge in [0.15, 0.2) is 0 Å². The predicted molar refractivity (Wildman–Crippen MR) is 67.1 cm³/mol. The molecule has 0 radical (unpaired) electrons. The van der Waals surface area contributed by atoms with E-state index < -0.39 is 0 Å². The number of nitrogens with one attached hydrogen (secondary N) is 1. The first-order chi connectivity index (χ1) is 7.72. The fourth-order valence-corrected chi connectivity index (χ4v) is 1.67. The maximum Gasteiger partial charge on any atom is 0.137 e. The average molecular weight is 238 g/mol. The van der Waals surface area contributed by atoms with E-state index >= 15 is 0 Å². The van der Waals surface area contributed by atoms with Crippen molar-refractivity contribution in [2.24, 2.45) is 0 Å². The summed E-state index contributed by atoms with van der Waals surface area (Å²) in [6.45, 7) is 6.46. The Kier molecular flexibility index (Phi) is 3.44. The summed E-state index contributed by atoms with van der Waals surface area (Å²) in [6.07, 6.45) is 5.17. The molecular weight excluding hydrogens is 222 g/mol. The highest BCUT2D eigenvalue weighted by Gasteiger charge is 2.27. The molecule has 0 spiro atoms. The van der Waals surface area contributed by atoms with Gasteiger partial charge in [-0.25, -0.2) is 9.97 Å². The second-order valence-electron chi connectivity index (χ2n) is 4.12. The van der Waals surface area contributed by atoms with Gasteiger partial charge in [0.2, 0.25) is 0 Å². The Morgan fingerprint density at radius 1 is 1.50 bits per heavy atom. The molecule has 1 aliphatic rings. The topological polar surface area (TPSA) is 37.8 Å². The van der Waals surface area contributed by atoms with Gasteiger partial charge in [-0.1, -0.05) is 17.7 Å². The molecule has 0 unspecified atom stereocenters. The molecule has 16 heavy (non-hydrogen) atoms. The molecule has 0 bridgehead atoms. The van der Waals surface area contributed by atoms with E-state index in [0.717, 1.165) is 30.2 Å². The molecule has 0 aliphatic heterocycles. The molecule has 1 fully saturated rings. The van der Waals surface area contributed by atoms with Gasteiger partial charge < -0.3 is 5.32 Å². The van der Waals surface area contributed by atoms with E-state index in [1.165, 1.54) is 12.8 Å². The van der Waals surface area contributed by atoms with Crippen LogP contribution in [0.4, 0.5) is 5.82 Å². The SMILES string of the molecule is C=CCCNc1nc(C2CC2)nc(Cl)c1C. The lowest BCUT2D eigenvalue weighted by Crippen LogP contribution is -2.07. The maximum atomic E-state index is 6.09. The van der Waals surface area contributed by atoms with Crippen LogP contribution in [0.3, 0.4) is 0 Å². The normalized spacial score (nSPS) is 14.9. The average Bonchev–Trinajstić information content (AvgIpc) is 3.08. The highest BCUT2D eigenvalue weighted by Crippen LogP contribution is 2.39. The molecule has 0 aromatic carbocycles. The zero-order valence-corrected chi connectivity index (χ0v) is 10.2. The van der Waals surface area contributed by atoms with E-state index in [2.05, 4.69) is 21.9 Å². The van der Waals surface area contributed by atoms with E-state index in [1.54, 1.807) is 0 Å². The van der Waals surface area contributed by atoms with Crippen molar-refractivity contribution in [1.82, 2.24) is 9.97 Å². The third kappa shape index (κ3) is 2.53. The Hall–Kier alpha value is -1.09. The zero-order valence-electron chi connectivity index (χ0n) is 9.46. The van der Waals surface area contributed by atoms with Gasteiger partial charge in [-0.15, -0.1) is 6.58 Å². The number of halogens is 1. The minimum atomic E-state index is 0.526. The molecule has 1 aromatic rings. The van der Waals surface area contributed by atoms with Crippen LogP contribution in [0.1, 0.15) is 36.6 Å². The summed E-state index contributed by atoms with van der Waals surface area (Å²) in [6, 6.07) is 0. The first-order valence-corrected chi connectivity index (χ1v) is 5.99. The first-order valence-electron chi connectivity index (χ1n) is 5.61. The van der Waals surface area contributed by atoms with Crippen LogP contribution in [0, 0.1) is 6.92 Å². The van der Waals surface area contributed by atoms with Gasteiger partial charge in [0.25, 0.3) is 0 Å². The number of hydrogen-bond acceptors (Lipinski definition) is 3. The van der Waals surface area contributed by atoms with E-state index in [-0.39, 0.29) is 0 Å². The minimum absolute atomic E-state index is 0.526. The summed E-state index contributed by atoms with van der Waals surface area (Å²) in [4.78, 5) is 8.84. The number of nitrogens with zero attached hydrogens (tertiary/aromatic N) is 2. The third-order valence-corrected chi connectivity index (χ3v) is 3.06. The molecule has 86 valence electrons. The largest absolute Gasteiger partial charge is 0.369 e. The summed E-state index contributed by atoms with van der Waals surface area (Å²) in [5.41, 5.74) is 0.926. The summed E-state index contributed by atoms with van der Waals surface area (Å²) in [7, 11) is 0. The van der Waals surface area contributed by atoms with Gasteiger partial charge in [-0.2, -0.15) is 0 Å². The Morgan fingerprint density at radius 3 is 2.88 bits per heavy atom. The summed E-state index contributed by atoms with van der Waals surface area (Å²) < 4.78 is 0. The number of hydrogen-bond donors (Lipinski definition) is 1. The van der Waals surface area contributed by atoms with Crippen LogP contribution in [0.25, 0.3) is 0 Å². The molecule has 0 amide bonds. The van der Waals surface area contributed by atoms with E-state index in [9.17, 15) is 0 Å². The van der Waals surface area contributed by atoms with Crippen molar-refractivity contribution in [3.05, 3.63) is 29.2 Å². The molecule has 0 saturated heterocycles. The first kappa shape index (κ1) is 11.4. The zero-order chi connectivity index (χ0) is 11.5. The van der Waals surface area contributed by atoms with Crippen LogP contribution >= 0.6 is 11.6 Å². The van der Waals surface area contributed by atoms with Crippen LogP contribution in [0.15, 0.2) is 12.7 Å². The van der Waals surface area contributed by atoms with Gasteiger partial charge in [0, 0.05) is 18.0 Å². The van der Waals surface area contributed by atoms with E-state index in [1.807, 2.05) is 13.0 Å². The van der Waals surface area contributed by atoms with Crippen molar-refractivity contribution >= 4 is 17.4 Å². The Bertz CT molecular complexity index is 399. The lowest BCUT2D eigenvalue weighted by molar-refractivity contribution is 0.909. The Balaban J connectivity index is 2.17. The molecular formula is C12H16ClN3. The number of anilines is 1. The van der Waals surface area contributed by atoms with Gasteiger partial charge in [-0.3, -0.25) is 0 Å². The highest BCUT2D eigenvalue weighted by atomic mass is 35.5. The van der Waals surface area contributed by atoms with E-state index in [0.29, 0.717) is 11.1 Å². The fourth-order valence-electron chi connectivity index (χ4n) is 1.49. The van der Waals surface area contributed by atoms with Gasteiger partial charge in [0.05, 0.1) is 0 Å². The van der Waals surface area contributed by atoms with Crippen molar-refractivity contribution in [2.75, 3.05) is 11.9 Å². The molecule has 1 N–H and O–H groups in total. The van der Waals surface area contributed by atoms with Crippen molar-refractivity contribution in [1.29, 1.82) is 0 Å². The minimum Gasteiger partial charge on any atom is -0.369 e. The van der Waals surface area contributed by atoms with Crippen LogP contribution in [-0.2, 0) is 0 Å². The second kappa shape index (κ2) is 4.83. The summed E-state index contributed by atoms with van der Waals surface area (Å²) >= 11 is 6.09. The molecule has 4 heteroatoms. The van der Waals surface area contributed by atoms with E-state index in [4.69, 9.17) is 11.6 Å². The van der Waals surface area contributed by atoms with Crippen molar-refractivity contribution in [3.8, 4) is 0 Å². The monoisotopic (exact) mass is 237 g/mol. The second-order valence-corrected chi connectivity index (χ2v) is 4.48. The van der Waals surface area contributed by atoms with Gasteiger partial charge in [0.1, 0.15) is 16.8 Å². The van der Waals surface area contributed by atoms with Crippen molar-refractivity contribution in [3.63, 3.8) is 0 Å². The molecule has 2 rings (SSSR count).